The van der Waals surface area contributed by atoms with Gasteiger partial charge in [-0.1, -0.05) is 11.6 Å². The van der Waals surface area contributed by atoms with Crippen molar-refractivity contribution in [2.45, 2.75) is 52.4 Å². The first kappa shape index (κ1) is 15.7. The maximum Gasteiger partial charge on any atom is 0.307 e. The number of ether oxygens (including phenoxy) is 1. The Bertz CT molecular complexity index is 336. The summed E-state index contributed by atoms with van der Waals surface area (Å²) in [5.74, 6) is -0.202. The van der Waals surface area contributed by atoms with Gasteiger partial charge in [0.15, 0.2) is 0 Å². The smallest absolute Gasteiger partial charge is 0.307 e. The number of hydrogen-bond acceptors (Lipinski definition) is 3. The molecule has 0 heterocycles. The number of hydrogen-bond donors (Lipinski definition) is 0. The number of esters is 1. The van der Waals surface area contributed by atoms with E-state index >= 15 is 0 Å². The summed E-state index contributed by atoms with van der Waals surface area (Å²) in [4.78, 5) is 24.6. The summed E-state index contributed by atoms with van der Waals surface area (Å²) in [6.45, 7) is 4.91. The Kier molecular flexibility index (Phi) is 7.23. The van der Waals surface area contributed by atoms with E-state index in [1.165, 1.54) is 18.4 Å². The molecular weight excluding hydrogens is 242 g/mol. The van der Waals surface area contributed by atoms with Crippen molar-refractivity contribution in [3.63, 3.8) is 0 Å². The Labute approximate surface area is 115 Å². The molecule has 4 heteroatoms. The molecule has 0 fully saturated rings. The van der Waals surface area contributed by atoms with Gasteiger partial charge in [0.25, 0.3) is 0 Å². The Morgan fingerprint density at radius 1 is 1.32 bits per heavy atom. The molecule has 19 heavy (non-hydrogen) atoms. The highest BCUT2D eigenvalue weighted by Gasteiger charge is 2.13. The average molecular weight is 267 g/mol. The summed E-state index contributed by atoms with van der Waals surface area (Å²) in [6, 6.07) is 0. The molecule has 0 spiro atoms. The lowest BCUT2D eigenvalue weighted by atomic mass is 9.97. The Morgan fingerprint density at radius 3 is 2.68 bits per heavy atom. The van der Waals surface area contributed by atoms with Gasteiger partial charge in [0, 0.05) is 20.0 Å². The zero-order valence-corrected chi connectivity index (χ0v) is 12.1. The molecule has 0 aromatic heterocycles. The third-order valence-electron chi connectivity index (χ3n) is 3.42. The molecule has 1 amide bonds. The lowest BCUT2D eigenvalue weighted by molar-refractivity contribution is -0.143. The first-order valence-corrected chi connectivity index (χ1v) is 7.22. The Balaban J connectivity index is 2.33. The zero-order valence-electron chi connectivity index (χ0n) is 12.1. The molecule has 0 bridgehead atoms. The van der Waals surface area contributed by atoms with Gasteiger partial charge in [-0.2, -0.15) is 0 Å². The largest absolute Gasteiger partial charge is 0.466 e. The van der Waals surface area contributed by atoms with Crippen molar-refractivity contribution < 1.29 is 14.3 Å². The summed E-state index contributed by atoms with van der Waals surface area (Å²) >= 11 is 0. The van der Waals surface area contributed by atoms with Crippen LogP contribution in [0.3, 0.4) is 0 Å². The van der Waals surface area contributed by atoms with Crippen LogP contribution in [0.2, 0.25) is 0 Å². The first-order chi connectivity index (χ1) is 9.13. The first-order valence-electron chi connectivity index (χ1n) is 7.22. The van der Waals surface area contributed by atoms with E-state index in [1.54, 1.807) is 18.7 Å². The van der Waals surface area contributed by atoms with Crippen molar-refractivity contribution in [3.05, 3.63) is 11.6 Å². The van der Waals surface area contributed by atoms with Crippen LogP contribution in [0.15, 0.2) is 11.6 Å². The molecule has 0 unspecified atom stereocenters. The SMILES string of the molecule is CCOC(=O)CCN(CCC1=CCCCC1)C(C)=O. The van der Waals surface area contributed by atoms with Crippen LogP contribution in [0.25, 0.3) is 0 Å². The molecule has 0 aliphatic heterocycles. The molecule has 0 aromatic carbocycles. The second-order valence-corrected chi connectivity index (χ2v) is 4.92. The molecule has 1 aliphatic rings. The second-order valence-electron chi connectivity index (χ2n) is 4.92. The minimum atomic E-state index is -0.231. The quantitative estimate of drug-likeness (QED) is 0.526. The molecule has 108 valence electrons. The molecule has 0 radical (unpaired) electrons. The van der Waals surface area contributed by atoms with E-state index in [-0.39, 0.29) is 18.3 Å². The summed E-state index contributed by atoms with van der Waals surface area (Å²) in [5, 5.41) is 0. The number of nitrogens with zero attached hydrogens (tertiary/aromatic N) is 1. The molecule has 4 nitrogen and oxygen atoms in total. The lowest BCUT2D eigenvalue weighted by Crippen LogP contribution is -2.32. The summed E-state index contributed by atoms with van der Waals surface area (Å²) in [7, 11) is 0. The van der Waals surface area contributed by atoms with Crippen molar-refractivity contribution >= 4 is 11.9 Å². The van der Waals surface area contributed by atoms with Gasteiger partial charge < -0.3 is 9.64 Å². The van der Waals surface area contributed by atoms with Crippen LogP contribution < -0.4 is 0 Å². The normalized spacial score (nSPS) is 14.7. The van der Waals surface area contributed by atoms with Crippen molar-refractivity contribution in [2.24, 2.45) is 0 Å². The van der Waals surface area contributed by atoms with Crippen LogP contribution in [-0.4, -0.2) is 36.5 Å². The van der Waals surface area contributed by atoms with E-state index in [2.05, 4.69) is 6.08 Å². The highest BCUT2D eigenvalue weighted by atomic mass is 16.5. The minimum absolute atomic E-state index is 0.0284. The van der Waals surface area contributed by atoms with Crippen LogP contribution >= 0.6 is 0 Å². The standard InChI is InChI=1S/C15H25NO3/c1-3-19-15(18)10-12-16(13(2)17)11-9-14-7-5-4-6-8-14/h7H,3-6,8-12H2,1-2H3. The number of rotatable bonds is 7. The van der Waals surface area contributed by atoms with E-state index in [1.807, 2.05) is 0 Å². The summed E-state index contributed by atoms with van der Waals surface area (Å²) in [5.41, 5.74) is 1.45. The van der Waals surface area contributed by atoms with Gasteiger partial charge in [-0.15, -0.1) is 0 Å². The molecule has 0 aromatic rings. The second kappa shape index (κ2) is 8.73. The topological polar surface area (TPSA) is 46.6 Å². The van der Waals surface area contributed by atoms with Gasteiger partial charge in [-0.3, -0.25) is 9.59 Å². The molecule has 0 N–H and O–H groups in total. The predicted molar refractivity (Wildman–Crippen MR) is 74.7 cm³/mol. The van der Waals surface area contributed by atoms with Gasteiger partial charge in [-0.25, -0.2) is 0 Å². The van der Waals surface area contributed by atoms with Gasteiger partial charge in [-0.05, 0) is 39.0 Å². The van der Waals surface area contributed by atoms with Crippen LogP contribution in [0.5, 0.6) is 0 Å². The highest BCUT2D eigenvalue weighted by Crippen LogP contribution is 2.20. The number of carbonyl (C=O) groups excluding carboxylic acids is 2. The average Bonchev–Trinajstić information content (AvgIpc) is 2.39. The maximum absolute atomic E-state index is 11.5. The highest BCUT2D eigenvalue weighted by molar-refractivity contribution is 5.75. The zero-order chi connectivity index (χ0) is 14.1. The lowest BCUT2D eigenvalue weighted by Gasteiger charge is -2.22. The minimum Gasteiger partial charge on any atom is -0.466 e. The van der Waals surface area contributed by atoms with E-state index < -0.39 is 0 Å². The molecule has 0 atom stereocenters. The summed E-state index contributed by atoms with van der Waals surface area (Å²) in [6.07, 6.45) is 8.38. The third kappa shape index (κ3) is 6.41. The monoisotopic (exact) mass is 267 g/mol. The number of amides is 1. The van der Waals surface area contributed by atoms with Crippen LogP contribution in [-0.2, 0) is 14.3 Å². The van der Waals surface area contributed by atoms with Crippen LogP contribution in [0, 0.1) is 0 Å². The summed E-state index contributed by atoms with van der Waals surface area (Å²) < 4.78 is 4.88. The molecule has 0 saturated heterocycles. The van der Waals surface area contributed by atoms with E-state index in [9.17, 15) is 9.59 Å². The molecular formula is C15H25NO3. The number of allylic oxidation sites excluding steroid dienone is 1. The molecule has 1 aliphatic carbocycles. The van der Waals surface area contributed by atoms with Crippen LogP contribution in [0.4, 0.5) is 0 Å². The predicted octanol–water partition coefficient (Wildman–Crippen LogP) is 2.68. The van der Waals surface area contributed by atoms with Gasteiger partial charge in [0.1, 0.15) is 0 Å². The van der Waals surface area contributed by atoms with E-state index in [4.69, 9.17) is 4.74 Å². The van der Waals surface area contributed by atoms with E-state index in [0.29, 0.717) is 19.7 Å². The maximum atomic E-state index is 11.5. The van der Waals surface area contributed by atoms with Crippen molar-refractivity contribution in [2.75, 3.05) is 19.7 Å². The molecule has 1 rings (SSSR count). The fourth-order valence-corrected chi connectivity index (χ4v) is 2.30. The van der Waals surface area contributed by atoms with Crippen molar-refractivity contribution in [1.82, 2.24) is 4.90 Å². The van der Waals surface area contributed by atoms with Gasteiger partial charge in [0.2, 0.25) is 5.91 Å². The Hall–Kier alpha value is -1.32. The van der Waals surface area contributed by atoms with Crippen LogP contribution in [0.1, 0.15) is 52.4 Å². The fraction of sp³-hybridized carbons (Fsp3) is 0.733. The number of carbonyl (C=O) groups is 2. The molecule has 0 saturated carbocycles. The van der Waals surface area contributed by atoms with E-state index in [0.717, 1.165) is 19.3 Å². The fourth-order valence-electron chi connectivity index (χ4n) is 2.30. The van der Waals surface area contributed by atoms with Crippen molar-refractivity contribution in [3.8, 4) is 0 Å². The van der Waals surface area contributed by atoms with Gasteiger partial charge in [0.05, 0.1) is 13.0 Å². The van der Waals surface area contributed by atoms with Crippen molar-refractivity contribution in [1.29, 1.82) is 0 Å². The van der Waals surface area contributed by atoms with Gasteiger partial charge >= 0.3 is 5.97 Å². The third-order valence-corrected chi connectivity index (χ3v) is 3.42. The Morgan fingerprint density at radius 2 is 2.11 bits per heavy atom.